The van der Waals surface area contributed by atoms with Crippen LogP contribution in [0.2, 0.25) is 0 Å². The van der Waals surface area contributed by atoms with Crippen LogP contribution in [0.1, 0.15) is 52.4 Å². The van der Waals surface area contributed by atoms with Gasteiger partial charge < -0.3 is 15.1 Å². The standard InChI is InChI=1S/C18H34N4.HI/c1-3-19-17(20-13-16-7-11-21(4-2)14-16)22-12-10-18(15-22)8-5-6-9-18;/h16H,3-15H2,1-2H3,(H,19,20);1H. The Balaban J connectivity index is 0.00000192. The highest BCUT2D eigenvalue weighted by Gasteiger charge is 2.41. The lowest BCUT2D eigenvalue weighted by atomic mass is 9.86. The summed E-state index contributed by atoms with van der Waals surface area (Å²) in [6.45, 7) is 12.6. The van der Waals surface area contributed by atoms with Gasteiger partial charge in [-0.05, 0) is 57.0 Å². The Kier molecular flexibility index (Phi) is 7.45. The highest BCUT2D eigenvalue weighted by Crippen LogP contribution is 2.45. The number of hydrogen-bond acceptors (Lipinski definition) is 2. The molecule has 0 radical (unpaired) electrons. The van der Waals surface area contributed by atoms with Crippen LogP contribution < -0.4 is 5.32 Å². The van der Waals surface area contributed by atoms with E-state index in [4.69, 9.17) is 4.99 Å². The van der Waals surface area contributed by atoms with Crippen molar-refractivity contribution in [3.8, 4) is 0 Å². The van der Waals surface area contributed by atoms with Gasteiger partial charge in [0.1, 0.15) is 0 Å². The second-order valence-electron chi connectivity index (χ2n) is 7.62. The van der Waals surface area contributed by atoms with Gasteiger partial charge in [-0.25, -0.2) is 0 Å². The number of rotatable bonds is 4. The molecule has 5 heteroatoms. The van der Waals surface area contributed by atoms with Gasteiger partial charge in [0.15, 0.2) is 5.96 Å². The van der Waals surface area contributed by atoms with Crippen molar-refractivity contribution in [1.29, 1.82) is 0 Å². The number of halogens is 1. The van der Waals surface area contributed by atoms with Crippen molar-refractivity contribution in [2.24, 2.45) is 16.3 Å². The fraction of sp³-hybridized carbons (Fsp3) is 0.944. The molecule has 1 saturated carbocycles. The molecule has 0 aromatic heterocycles. The lowest BCUT2D eigenvalue weighted by Crippen LogP contribution is -2.41. The highest BCUT2D eigenvalue weighted by molar-refractivity contribution is 14.0. The predicted octanol–water partition coefficient (Wildman–Crippen LogP) is 3.18. The highest BCUT2D eigenvalue weighted by atomic mass is 127. The van der Waals surface area contributed by atoms with Crippen molar-refractivity contribution in [3.05, 3.63) is 0 Å². The molecule has 1 atom stereocenters. The van der Waals surface area contributed by atoms with Gasteiger partial charge in [-0.3, -0.25) is 4.99 Å². The van der Waals surface area contributed by atoms with Gasteiger partial charge in [0, 0.05) is 32.7 Å². The van der Waals surface area contributed by atoms with Gasteiger partial charge in [-0.15, -0.1) is 24.0 Å². The van der Waals surface area contributed by atoms with E-state index in [9.17, 15) is 0 Å². The van der Waals surface area contributed by atoms with Crippen molar-refractivity contribution in [3.63, 3.8) is 0 Å². The minimum Gasteiger partial charge on any atom is -0.357 e. The molecule has 0 bridgehead atoms. The molecule has 0 aromatic carbocycles. The predicted molar refractivity (Wildman–Crippen MR) is 109 cm³/mol. The number of nitrogens with zero attached hydrogens (tertiary/aromatic N) is 3. The first-order valence-electron chi connectivity index (χ1n) is 9.50. The van der Waals surface area contributed by atoms with Crippen molar-refractivity contribution in [1.82, 2.24) is 15.1 Å². The second-order valence-corrected chi connectivity index (χ2v) is 7.62. The van der Waals surface area contributed by atoms with Gasteiger partial charge in [0.25, 0.3) is 0 Å². The summed E-state index contributed by atoms with van der Waals surface area (Å²) in [4.78, 5) is 10.1. The number of hydrogen-bond donors (Lipinski definition) is 1. The monoisotopic (exact) mass is 434 g/mol. The van der Waals surface area contributed by atoms with Gasteiger partial charge >= 0.3 is 0 Å². The largest absolute Gasteiger partial charge is 0.357 e. The maximum Gasteiger partial charge on any atom is 0.193 e. The third kappa shape index (κ3) is 4.74. The van der Waals surface area contributed by atoms with Crippen LogP contribution in [-0.2, 0) is 0 Å². The van der Waals surface area contributed by atoms with Crippen LogP contribution in [0.3, 0.4) is 0 Å². The number of aliphatic imine (C=N–C) groups is 1. The van der Waals surface area contributed by atoms with Gasteiger partial charge in [-0.1, -0.05) is 19.8 Å². The Morgan fingerprint density at radius 1 is 1.17 bits per heavy atom. The third-order valence-electron chi connectivity index (χ3n) is 6.05. The quantitative estimate of drug-likeness (QED) is 0.419. The first-order chi connectivity index (χ1) is 10.7. The van der Waals surface area contributed by atoms with Crippen molar-refractivity contribution >= 4 is 29.9 Å². The van der Waals surface area contributed by atoms with E-state index in [0.717, 1.165) is 19.0 Å². The molecule has 3 aliphatic rings. The Bertz CT molecular complexity index is 392. The lowest BCUT2D eigenvalue weighted by Gasteiger charge is -2.26. The number of guanidine groups is 1. The molecule has 23 heavy (non-hydrogen) atoms. The van der Waals surface area contributed by atoms with Gasteiger partial charge in [0.2, 0.25) is 0 Å². The summed E-state index contributed by atoms with van der Waals surface area (Å²) in [6, 6.07) is 0. The lowest BCUT2D eigenvalue weighted by molar-refractivity contribution is 0.309. The Hall–Kier alpha value is -0.0400. The van der Waals surface area contributed by atoms with Gasteiger partial charge in [-0.2, -0.15) is 0 Å². The van der Waals surface area contributed by atoms with E-state index in [-0.39, 0.29) is 24.0 Å². The smallest absolute Gasteiger partial charge is 0.193 e. The normalized spacial score (nSPS) is 27.7. The van der Waals surface area contributed by atoms with E-state index in [1.165, 1.54) is 77.2 Å². The molecule has 1 spiro atoms. The molecule has 134 valence electrons. The molecule has 2 aliphatic heterocycles. The maximum atomic E-state index is 5.01. The third-order valence-corrected chi connectivity index (χ3v) is 6.05. The Morgan fingerprint density at radius 3 is 2.61 bits per heavy atom. The molecule has 4 nitrogen and oxygen atoms in total. The first-order valence-corrected chi connectivity index (χ1v) is 9.50. The average molecular weight is 434 g/mol. The fourth-order valence-corrected chi connectivity index (χ4v) is 4.64. The van der Waals surface area contributed by atoms with Crippen LogP contribution in [-0.4, -0.2) is 61.6 Å². The maximum absolute atomic E-state index is 5.01. The minimum atomic E-state index is 0. The molecule has 1 N–H and O–H groups in total. The fourth-order valence-electron chi connectivity index (χ4n) is 4.64. The molecule has 0 aromatic rings. The van der Waals surface area contributed by atoms with Crippen LogP contribution in [0.15, 0.2) is 4.99 Å². The molecule has 3 rings (SSSR count). The summed E-state index contributed by atoms with van der Waals surface area (Å²) >= 11 is 0. The van der Waals surface area contributed by atoms with Crippen LogP contribution >= 0.6 is 24.0 Å². The van der Waals surface area contributed by atoms with Crippen LogP contribution in [0.4, 0.5) is 0 Å². The Morgan fingerprint density at radius 2 is 1.96 bits per heavy atom. The molecule has 1 unspecified atom stereocenters. The van der Waals surface area contributed by atoms with E-state index in [2.05, 4.69) is 29.0 Å². The van der Waals surface area contributed by atoms with Crippen LogP contribution in [0.5, 0.6) is 0 Å². The number of nitrogens with one attached hydrogen (secondary N) is 1. The minimum absolute atomic E-state index is 0. The van der Waals surface area contributed by atoms with Crippen LogP contribution in [0, 0.1) is 11.3 Å². The Labute approximate surface area is 159 Å². The van der Waals surface area contributed by atoms with E-state index >= 15 is 0 Å². The zero-order chi connectivity index (χ0) is 15.4. The summed E-state index contributed by atoms with van der Waals surface area (Å²) in [5.74, 6) is 1.94. The molecule has 2 heterocycles. The molecule has 0 amide bonds. The zero-order valence-corrected chi connectivity index (χ0v) is 17.3. The van der Waals surface area contributed by atoms with Crippen molar-refractivity contribution in [2.45, 2.75) is 52.4 Å². The van der Waals surface area contributed by atoms with Gasteiger partial charge in [0.05, 0.1) is 0 Å². The van der Waals surface area contributed by atoms with E-state index in [1.54, 1.807) is 0 Å². The molecular formula is C18H35IN4. The SMILES string of the molecule is CCNC(=NCC1CCN(CC)C1)N1CCC2(CCCC2)C1.I. The molecule has 1 aliphatic carbocycles. The van der Waals surface area contributed by atoms with E-state index in [1.807, 2.05) is 0 Å². The summed E-state index contributed by atoms with van der Waals surface area (Å²) in [7, 11) is 0. The van der Waals surface area contributed by atoms with Crippen LogP contribution in [0.25, 0.3) is 0 Å². The zero-order valence-electron chi connectivity index (χ0n) is 15.0. The summed E-state index contributed by atoms with van der Waals surface area (Å²) in [5, 5.41) is 3.54. The topological polar surface area (TPSA) is 30.9 Å². The summed E-state index contributed by atoms with van der Waals surface area (Å²) in [5.41, 5.74) is 0.628. The van der Waals surface area contributed by atoms with Crippen molar-refractivity contribution in [2.75, 3.05) is 45.8 Å². The molecular weight excluding hydrogens is 399 g/mol. The summed E-state index contributed by atoms with van der Waals surface area (Å²) < 4.78 is 0. The summed E-state index contributed by atoms with van der Waals surface area (Å²) in [6.07, 6.45) is 8.46. The van der Waals surface area contributed by atoms with E-state index < -0.39 is 0 Å². The molecule has 2 saturated heterocycles. The number of likely N-dealkylation sites (tertiary alicyclic amines) is 2. The average Bonchev–Trinajstić information content (AvgIpc) is 3.26. The van der Waals surface area contributed by atoms with E-state index in [0.29, 0.717) is 5.41 Å². The first kappa shape index (κ1) is 19.3. The van der Waals surface area contributed by atoms with Crippen molar-refractivity contribution < 1.29 is 0 Å². The molecule has 3 fully saturated rings. The second kappa shape index (κ2) is 8.88.